The minimum atomic E-state index is -0.275. The van der Waals surface area contributed by atoms with Gasteiger partial charge in [0, 0.05) is 11.6 Å². The van der Waals surface area contributed by atoms with Crippen molar-refractivity contribution in [2.75, 3.05) is 14.2 Å². The van der Waals surface area contributed by atoms with Gasteiger partial charge in [0.25, 0.3) is 0 Å². The average Bonchev–Trinajstić information content (AvgIpc) is 2.60. The van der Waals surface area contributed by atoms with Gasteiger partial charge in [0.1, 0.15) is 17.4 Å². The van der Waals surface area contributed by atoms with Crippen LogP contribution in [0.25, 0.3) is 12.2 Å². The van der Waals surface area contributed by atoms with Crippen LogP contribution in [-0.2, 0) is 0 Å². The Balaban J connectivity index is 2.50. The molecule has 0 atom stereocenters. The zero-order valence-corrected chi connectivity index (χ0v) is 12.7. The van der Waals surface area contributed by atoms with E-state index in [0.717, 1.165) is 11.3 Å². The molecular formula is C18H14N2O3. The molecule has 0 saturated heterocycles. The van der Waals surface area contributed by atoms with Gasteiger partial charge in [0.15, 0.2) is 11.5 Å². The largest absolute Gasteiger partial charge is 0.503 e. The number of rotatable bonds is 4. The van der Waals surface area contributed by atoms with Gasteiger partial charge < -0.3 is 14.6 Å². The Morgan fingerprint density at radius 1 is 1.00 bits per heavy atom. The maximum absolute atomic E-state index is 10.0. The van der Waals surface area contributed by atoms with Crippen LogP contribution in [0, 0.1) is 22.7 Å². The van der Waals surface area contributed by atoms with E-state index in [9.17, 15) is 15.6 Å². The number of phenols is 1. The molecule has 0 aliphatic carbocycles. The molecule has 0 aliphatic heterocycles. The second-order valence-electron chi connectivity index (χ2n) is 4.59. The van der Waals surface area contributed by atoms with Crippen molar-refractivity contribution in [1.82, 2.24) is 0 Å². The van der Waals surface area contributed by atoms with Crippen LogP contribution in [-0.4, -0.2) is 19.3 Å². The molecule has 5 nitrogen and oxygen atoms in total. The summed E-state index contributed by atoms with van der Waals surface area (Å²) in [7, 11) is 2.95. The van der Waals surface area contributed by atoms with Gasteiger partial charge in [0.05, 0.1) is 25.9 Å². The summed E-state index contributed by atoms with van der Waals surface area (Å²) in [5, 5.41) is 28.6. The highest BCUT2D eigenvalue weighted by atomic mass is 16.5. The maximum atomic E-state index is 10.0. The standard InChI is InChI=1S/C18H14N2O3/c1-22-14-6-3-12(4-7-14)5-8-15-13(10-19)9-17(23-2)18(21)16(15)11-20/h3-9,21H,1-2H3/b8-5+. The van der Waals surface area contributed by atoms with Crippen LogP contribution in [0.1, 0.15) is 22.3 Å². The molecule has 23 heavy (non-hydrogen) atoms. The predicted molar refractivity (Wildman–Crippen MR) is 86.0 cm³/mol. The summed E-state index contributed by atoms with van der Waals surface area (Å²) in [5.74, 6) is 0.558. The number of phenolic OH excluding ortho intramolecular Hbond substituents is 1. The monoisotopic (exact) mass is 306 g/mol. The normalized spacial score (nSPS) is 10.1. The molecule has 0 aliphatic rings. The van der Waals surface area contributed by atoms with E-state index in [0.29, 0.717) is 5.56 Å². The van der Waals surface area contributed by atoms with E-state index in [4.69, 9.17) is 9.47 Å². The lowest BCUT2D eigenvalue weighted by Gasteiger charge is -2.09. The van der Waals surface area contributed by atoms with Crippen LogP contribution in [0.2, 0.25) is 0 Å². The lowest BCUT2D eigenvalue weighted by molar-refractivity contribution is 0.372. The number of benzene rings is 2. The van der Waals surface area contributed by atoms with Gasteiger partial charge in [-0.2, -0.15) is 10.5 Å². The van der Waals surface area contributed by atoms with Gasteiger partial charge in [-0.05, 0) is 17.7 Å². The predicted octanol–water partition coefficient (Wildman–Crippen LogP) is 3.32. The zero-order valence-electron chi connectivity index (χ0n) is 12.7. The number of nitriles is 2. The second kappa shape index (κ2) is 7.02. The van der Waals surface area contributed by atoms with Crippen LogP contribution in [0.4, 0.5) is 0 Å². The van der Waals surface area contributed by atoms with Crippen molar-refractivity contribution in [2.24, 2.45) is 0 Å². The van der Waals surface area contributed by atoms with Gasteiger partial charge in [-0.1, -0.05) is 24.3 Å². The highest BCUT2D eigenvalue weighted by Gasteiger charge is 2.16. The first-order valence-corrected chi connectivity index (χ1v) is 6.70. The van der Waals surface area contributed by atoms with Crippen molar-refractivity contribution >= 4 is 12.2 Å². The summed E-state index contributed by atoms with van der Waals surface area (Å²) in [4.78, 5) is 0. The van der Waals surface area contributed by atoms with Gasteiger partial charge in [-0.3, -0.25) is 0 Å². The highest BCUT2D eigenvalue weighted by molar-refractivity contribution is 5.79. The van der Waals surface area contributed by atoms with E-state index in [1.807, 2.05) is 36.4 Å². The quantitative estimate of drug-likeness (QED) is 0.876. The molecule has 0 bridgehead atoms. The molecule has 2 aromatic rings. The Morgan fingerprint density at radius 3 is 2.22 bits per heavy atom. The first kappa shape index (κ1) is 15.9. The first-order valence-electron chi connectivity index (χ1n) is 6.70. The summed E-state index contributed by atoms with van der Waals surface area (Å²) >= 11 is 0. The summed E-state index contributed by atoms with van der Waals surface area (Å²) in [6.07, 6.45) is 3.38. The third-order valence-electron chi connectivity index (χ3n) is 3.32. The molecule has 5 heteroatoms. The first-order chi connectivity index (χ1) is 11.1. The smallest absolute Gasteiger partial charge is 0.176 e. The molecule has 0 saturated carbocycles. The summed E-state index contributed by atoms with van der Waals surface area (Å²) in [6, 6.07) is 12.6. The molecule has 2 aromatic carbocycles. The van der Waals surface area contributed by atoms with Gasteiger partial charge in [-0.25, -0.2) is 0 Å². The lowest BCUT2D eigenvalue weighted by Crippen LogP contribution is -1.94. The molecule has 0 unspecified atom stereocenters. The van der Waals surface area contributed by atoms with Crippen LogP contribution < -0.4 is 9.47 Å². The molecular weight excluding hydrogens is 292 g/mol. The summed E-state index contributed by atoms with van der Waals surface area (Å²) < 4.78 is 10.1. The number of hydrogen-bond acceptors (Lipinski definition) is 5. The van der Waals surface area contributed by atoms with Crippen molar-refractivity contribution < 1.29 is 14.6 Å². The highest BCUT2D eigenvalue weighted by Crippen LogP contribution is 2.35. The van der Waals surface area contributed by atoms with E-state index in [1.54, 1.807) is 19.3 Å². The van der Waals surface area contributed by atoms with Crippen molar-refractivity contribution in [1.29, 1.82) is 10.5 Å². The van der Waals surface area contributed by atoms with Crippen molar-refractivity contribution in [3.8, 4) is 29.4 Å². The summed E-state index contributed by atoms with van der Waals surface area (Å²) in [6.45, 7) is 0. The van der Waals surface area contributed by atoms with Crippen molar-refractivity contribution in [3.05, 3.63) is 52.6 Å². The average molecular weight is 306 g/mol. The fourth-order valence-electron chi connectivity index (χ4n) is 2.09. The minimum absolute atomic E-state index is 0.00524. The fourth-order valence-corrected chi connectivity index (χ4v) is 2.09. The molecule has 0 amide bonds. The summed E-state index contributed by atoms with van der Waals surface area (Å²) in [5.41, 5.74) is 1.48. The fraction of sp³-hybridized carbons (Fsp3) is 0.111. The van der Waals surface area contributed by atoms with E-state index < -0.39 is 0 Å². The lowest BCUT2D eigenvalue weighted by atomic mass is 9.99. The van der Waals surface area contributed by atoms with Crippen LogP contribution in [0.15, 0.2) is 30.3 Å². The van der Waals surface area contributed by atoms with E-state index in [1.165, 1.54) is 13.2 Å². The van der Waals surface area contributed by atoms with Crippen molar-refractivity contribution in [3.63, 3.8) is 0 Å². The van der Waals surface area contributed by atoms with Gasteiger partial charge in [0.2, 0.25) is 0 Å². The zero-order chi connectivity index (χ0) is 16.8. The minimum Gasteiger partial charge on any atom is -0.503 e. The number of aromatic hydroxyl groups is 1. The maximum Gasteiger partial charge on any atom is 0.176 e. The SMILES string of the molecule is COc1ccc(/C=C/c2c(C#N)cc(OC)c(O)c2C#N)cc1. The van der Waals surface area contributed by atoms with Crippen LogP contribution >= 0.6 is 0 Å². The Morgan fingerprint density at radius 2 is 1.70 bits per heavy atom. The van der Waals surface area contributed by atoms with Gasteiger partial charge in [-0.15, -0.1) is 0 Å². The molecule has 1 N–H and O–H groups in total. The second-order valence-corrected chi connectivity index (χ2v) is 4.59. The molecule has 2 rings (SSSR count). The van der Waals surface area contributed by atoms with Crippen molar-refractivity contribution in [2.45, 2.75) is 0 Å². The van der Waals surface area contributed by atoms with E-state index in [-0.39, 0.29) is 22.6 Å². The van der Waals surface area contributed by atoms with E-state index in [2.05, 4.69) is 0 Å². The molecule has 0 radical (unpaired) electrons. The number of ether oxygens (including phenoxy) is 2. The topological polar surface area (TPSA) is 86.3 Å². The number of nitrogens with zero attached hydrogens (tertiary/aromatic N) is 2. The number of hydrogen-bond donors (Lipinski definition) is 1. The Kier molecular flexibility index (Phi) is 4.86. The third kappa shape index (κ3) is 3.25. The number of methoxy groups -OCH3 is 2. The molecule has 0 fully saturated rings. The van der Waals surface area contributed by atoms with Crippen LogP contribution in [0.5, 0.6) is 17.2 Å². The molecule has 0 aromatic heterocycles. The van der Waals surface area contributed by atoms with E-state index >= 15 is 0 Å². The van der Waals surface area contributed by atoms with Crippen LogP contribution in [0.3, 0.4) is 0 Å². The Bertz CT molecular complexity index is 825. The Hall–Kier alpha value is -3.44. The molecule has 0 heterocycles. The molecule has 114 valence electrons. The third-order valence-corrected chi connectivity index (χ3v) is 3.32. The van der Waals surface area contributed by atoms with Gasteiger partial charge >= 0.3 is 0 Å². The Labute approximate surface area is 134 Å². The molecule has 0 spiro atoms.